The van der Waals surface area contributed by atoms with Crippen molar-refractivity contribution in [3.8, 4) is 11.8 Å². The highest BCUT2D eigenvalue weighted by molar-refractivity contribution is 8.01. The Balaban J connectivity index is 2.01. The summed E-state index contributed by atoms with van der Waals surface area (Å²) in [5.74, 6) is 8.72. The fourth-order valence-corrected chi connectivity index (χ4v) is 5.79. The van der Waals surface area contributed by atoms with E-state index in [1.54, 1.807) is 0 Å². The number of β-lactam (4-membered cyclic amide) rings is 1. The Bertz CT molecular complexity index is 666. The van der Waals surface area contributed by atoms with Gasteiger partial charge in [0, 0.05) is 32.7 Å². The summed E-state index contributed by atoms with van der Waals surface area (Å²) in [5.41, 5.74) is 12.0. The Morgan fingerprint density at radius 2 is 2.28 bits per heavy atom. The van der Waals surface area contributed by atoms with E-state index in [0.29, 0.717) is 24.3 Å². The summed E-state index contributed by atoms with van der Waals surface area (Å²) in [6, 6.07) is 0. The largest absolute Gasteiger partial charge is 0.405 e. The van der Waals surface area contributed by atoms with Crippen molar-refractivity contribution >= 4 is 17.7 Å². The number of hydrogen-bond donors (Lipinski definition) is 2. The van der Waals surface area contributed by atoms with Crippen LogP contribution in [0.15, 0.2) is 24.6 Å². The number of hydrogen-bond acceptors (Lipinski definition) is 5. The molecule has 5 nitrogen and oxygen atoms in total. The SMILES string of the molecule is C=C(C#CC(/C=C\N)CN)N(CC)CC1CCCSC2(C1)CN(CC(C)C)C2=O. The van der Waals surface area contributed by atoms with Gasteiger partial charge in [0.1, 0.15) is 4.75 Å². The number of likely N-dealkylation sites (tertiary alicyclic amines) is 1. The predicted molar refractivity (Wildman–Crippen MR) is 124 cm³/mol. The van der Waals surface area contributed by atoms with Crippen molar-refractivity contribution in [2.45, 2.75) is 44.8 Å². The van der Waals surface area contributed by atoms with E-state index in [1.165, 1.54) is 12.6 Å². The molecule has 0 bridgehead atoms. The topological polar surface area (TPSA) is 75.6 Å². The van der Waals surface area contributed by atoms with E-state index in [9.17, 15) is 4.79 Å². The number of rotatable bonds is 8. The van der Waals surface area contributed by atoms with Crippen LogP contribution in [0.25, 0.3) is 0 Å². The lowest BCUT2D eigenvalue weighted by Crippen LogP contribution is -2.65. The van der Waals surface area contributed by atoms with Gasteiger partial charge < -0.3 is 21.3 Å². The molecule has 1 amide bonds. The van der Waals surface area contributed by atoms with Crippen LogP contribution in [0.3, 0.4) is 0 Å². The van der Waals surface area contributed by atoms with Crippen molar-refractivity contribution in [3.63, 3.8) is 0 Å². The average molecular weight is 419 g/mol. The molecule has 0 aromatic heterocycles. The smallest absolute Gasteiger partial charge is 0.240 e. The van der Waals surface area contributed by atoms with Crippen molar-refractivity contribution in [2.24, 2.45) is 29.2 Å². The van der Waals surface area contributed by atoms with Gasteiger partial charge in [-0.2, -0.15) is 0 Å². The molecule has 2 fully saturated rings. The molecule has 2 heterocycles. The molecule has 2 saturated heterocycles. The molecule has 0 radical (unpaired) electrons. The van der Waals surface area contributed by atoms with Crippen LogP contribution in [0, 0.1) is 29.6 Å². The predicted octanol–water partition coefficient (Wildman–Crippen LogP) is 2.64. The number of carbonyl (C=O) groups is 1. The molecule has 2 aliphatic rings. The fourth-order valence-electron chi connectivity index (χ4n) is 4.23. The molecule has 0 aliphatic carbocycles. The minimum Gasteiger partial charge on any atom is -0.405 e. The van der Waals surface area contributed by atoms with Gasteiger partial charge >= 0.3 is 0 Å². The van der Waals surface area contributed by atoms with Crippen LogP contribution < -0.4 is 11.5 Å². The van der Waals surface area contributed by atoms with E-state index in [1.807, 2.05) is 22.7 Å². The van der Waals surface area contributed by atoms with Gasteiger partial charge in [0.25, 0.3) is 0 Å². The number of carbonyl (C=O) groups excluding carboxylic acids is 1. The quantitative estimate of drug-likeness (QED) is 0.468. The van der Waals surface area contributed by atoms with Gasteiger partial charge in [-0.05, 0) is 55.9 Å². The molecule has 6 heteroatoms. The van der Waals surface area contributed by atoms with Crippen LogP contribution in [-0.2, 0) is 4.79 Å². The van der Waals surface area contributed by atoms with Crippen LogP contribution in [0.1, 0.15) is 40.0 Å². The Labute approximate surface area is 181 Å². The molecule has 2 aliphatic heterocycles. The van der Waals surface area contributed by atoms with Crippen LogP contribution in [0.2, 0.25) is 0 Å². The molecule has 3 atom stereocenters. The van der Waals surface area contributed by atoms with Crippen molar-refractivity contribution in [1.29, 1.82) is 0 Å². The summed E-state index contributed by atoms with van der Waals surface area (Å²) in [6.07, 6.45) is 6.59. The number of nitrogens with two attached hydrogens (primary N) is 2. The highest BCUT2D eigenvalue weighted by Crippen LogP contribution is 2.45. The summed E-state index contributed by atoms with van der Waals surface area (Å²) in [4.78, 5) is 17.2. The normalized spacial score (nSPS) is 25.5. The van der Waals surface area contributed by atoms with E-state index in [2.05, 4.69) is 44.1 Å². The second-order valence-electron chi connectivity index (χ2n) is 8.62. The molecule has 3 unspecified atom stereocenters. The standard InChI is InChI=1S/C23H38N4OS/c1-5-26(19(4)8-9-20(14-25)10-11-24)16-21-7-6-12-29-23(13-21)17-27(22(23)28)15-18(2)3/h10-11,18,20-21H,4-7,12-17,24-25H2,1-3H3/b11-10-. The molecule has 2 rings (SSSR count). The van der Waals surface area contributed by atoms with E-state index in [-0.39, 0.29) is 10.7 Å². The van der Waals surface area contributed by atoms with E-state index in [4.69, 9.17) is 11.5 Å². The third-order valence-corrected chi connectivity index (χ3v) is 7.22. The Morgan fingerprint density at radius 3 is 2.86 bits per heavy atom. The van der Waals surface area contributed by atoms with Gasteiger partial charge in [-0.15, -0.1) is 11.8 Å². The van der Waals surface area contributed by atoms with Crippen LogP contribution in [0.4, 0.5) is 0 Å². The second-order valence-corrected chi connectivity index (χ2v) is 10.1. The number of amides is 1. The Kier molecular flexibility index (Phi) is 8.98. The minimum atomic E-state index is -0.195. The molecule has 0 aromatic carbocycles. The first-order valence-corrected chi connectivity index (χ1v) is 11.8. The molecule has 29 heavy (non-hydrogen) atoms. The number of nitrogens with zero attached hydrogens (tertiary/aromatic N) is 2. The van der Waals surface area contributed by atoms with E-state index in [0.717, 1.165) is 50.5 Å². The molecular formula is C23H38N4OS. The lowest BCUT2D eigenvalue weighted by molar-refractivity contribution is -0.146. The van der Waals surface area contributed by atoms with E-state index < -0.39 is 0 Å². The Morgan fingerprint density at radius 1 is 1.52 bits per heavy atom. The third-order valence-electron chi connectivity index (χ3n) is 5.70. The van der Waals surface area contributed by atoms with Crippen LogP contribution >= 0.6 is 11.8 Å². The highest BCUT2D eigenvalue weighted by Gasteiger charge is 2.53. The maximum atomic E-state index is 13.0. The van der Waals surface area contributed by atoms with Crippen molar-refractivity contribution in [1.82, 2.24) is 9.80 Å². The van der Waals surface area contributed by atoms with E-state index >= 15 is 0 Å². The first kappa shape index (κ1) is 23.7. The number of allylic oxidation sites excluding steroid dienone is 1. The second kappa shape index (κ2) is 11.0. The summed E-state index contributed by atoms with van der Waals surface area (Å²) in [6.45, 7) is 14.6. The van der Waals surface area contributed by atoms with Gasteiger partial charge in [-0.1, -0.05) is 32.4 Å². The van der Waals surface area contributed by atoms with Crippen molar-refractivity contribution in [2.75, 3.05) is 38.5 Å². The zero-order valence-electron chi connectivity index (χ0n) is 18.3. The van der Waals surface area contributed by atoms with Crippen molar-refractivity contribution < 1.29 is 4.79 Å². The van der Waals surface area contributed by atoms with Gasteiger partial charge in [0.2, 0.25) is 5.91 Å². The highest BCUT2D eigenvalue weighted by atomic mass is 32.2. The third kappa shape index (κ3) is 6.20. The molecule has 0 aromatic rings. The lowest BCUT2D eigenvalue weighted by Gasteiger charge is -2.50. The summed E-state index contributed by atoms with van der Waals surface area (Å²) in [5, 5.41) is 0. The first-order valence-electron chi connectivity index (χ1n) is 10.8. The summed E-state index contributed by atoms with van der Waals surface area (Å²) >= 11 is 1.89. The number of thioether (sulfide) groups is 1. The van der Waals surface area contributed by atoms with Crippen LogP contribution in [-0.4, -0.2) is 58.9 Å². The molecule has 0 saturated carbocycles. The Hall–Kier alpha value is -1.58. The first-order chi connectivity index (χ1) is 13.8. The summed E-state index contributed by atoms with van der Waals surface area (Å²) in [7, 11) is 0. The minimum absolute atomic E-state index is 0.0486. The maximum Gasteiger partial charge on any atom is 0.240 e. The lowest BCUT2D eigenvalue weighted by atomic mass is 9.84. The van der Waals surface area contributed by atoms with Gasteiger partial charge in [-0.25, -0.2) is 0 Å². The molecule has 4 N–H and O–H groups in total. The molecular weight excluding hydrogens is 380 g/mol. The summed E-state index contributed by atoms with van der Waals surface area (Å²) < 4.78 is -0.195. The zero-order chi connectivity index (χ0) is 21.4. The zero-order valence-corrected chi connectivity index (χ0v) is 19.1. The van der Waals surface area contributed by atoms with Crippen LogP contribution in [0.5, 0.6) is 0 Å². The molecule has 162 valence electrons. The van der Waals surface area contributed by atoms with Gasteiger partial charge in [0.05, 0.1) is 11.6 Å². The van der Waals surface area contributed by atoms with Gasteiger partial charge in [-0.3, -0.25) is 4.79 Å². The monoisotopic (exact) mass is 418 g/mol. The fraction of sp³-hybridized carbons (Fsp3) is 0.696. The average Bonchev–Trinajstić information content (AvgIpc) is 2.92. The maximum absolute atomic E-state index is 13.0. The van der Waals surface area contributed by atoms with Gasteiger partial charge in [0.15, 0.2) is 0 Å². The molecule has 1 spiro atoms. The van der Waals surface area contributed by atoms with Crippen molar-refractivity contribution in [3.05, 3.63) is 24.6 Å².